The van der Waals surface area contributed by atoms with Crippen molar-refractivity contribution in [1.82, 2.24) is 5.16 Å². The molecule has 0 fully saturated rings. The van der Waals surface area contributed by atoms with Crippen LogP contribution in [0.5, 0.6) is 0 Å². The Morgan fingerprint density at radius 3 is 2.53 bits per heavy atom. The number of halogens is 1. The second-order valence-electron chi connectivity index (χ2n) is 3.14. The van der Waals surface area contributed by atoms with E-state index in [-0.39, 0.29) is 5.69 Å². The predicted molar refractivity (Wildman–Crippen MR) is 65.4 cm³/mol. The number of hydrogen-bond acceptors (Lipinski definition) is 5. The third kappa shape index (κ3) is 2.27. The van der Waals surface area contributed by atoms with Crippen LogP contribution in [0, 0.1) is 10.1 Å². The summed E-state index contributed by atoms with van der Waals surface area (Å²) in [4.78, 5) is 10.1. The minimum absolute atomic E-state index is 0.0263. The maximum absolute atomic E-state index is 10.5. The molecule has 0 N–H and O–H groups in total. The standard InChI is InChI=1S/C10H7ClN2O3S/c1-17-10-8(11)9(12-16-10)6-2-4-7(5-3-6)13(14)15/h2-5H,1H3. The third-order valence-electron chi connectivity index (χ3n) is 2.14. The van der Waals surface area contributed by atoms with Crippen LogP contribution in [0.3, 0.4) is 0 Å². The molecule has 17 heavy (non-hydrogen) atoms. The Labute approximate surface area is 106 Å². The van der Waals surface area contributed by atoms with E-state index >= 15 is 0 Å². The molecule has 0 spiro atoms. The first-order valence-electron chi connectivity index (χ1n) is 4.57. The molecule has 0 bridgehead atoms. The molecule has 5 nitrogen and oxygen atoms in total. The molecule has 0 radical (unpaired) electrons. The molecule has 0 aliphatic carbocycles. The zero-order valence-corrected chi connectivity index (χ0v) is 10.3. The van der Waals surface area contributed by atoms with Crippen LogP contribution in [0.15, 0.2) is 33.9 Å². The van der Waals surface area contributed by atoms with Crippen molar-refractivity contribution in [3.8, 4) is 11.3 Å². The van der Waals surface area contributed by atoms with Gasteiger partial charge in [0.15, 0.2) is 0 Å². The number of hydrogen-bond donors (Lipinski definition) is 0. The zero-order valence-electron chi connectivity index (χ0n) is 8.71. The summed E-state index contributed by atoms with van der Waals surface area (Å²) >= 11 is 7.40. The normalized spacial score (nSPS) is 10.5. The summed E-state index contributed by atoms with van der Waals surface area (Å²) in [5.41, 5.74) is 1.20. The molecule has 0 aliphatic heterocycles. The lowest BCUT2D eigenvalue weighted by molar-refractivity contribution is -0.384. The first-order valence-corrected chi connectivity index (χ1v) is 6.17. The van der Waals surface area contributed by atoms with Gasteiger partial charge in [-0.05, 0) is 18.4 Å². The SMILES string of the molecule is CSc1onc(-c2ccc([N+](=O)[O-])cc2)c1Cl. The summed E-state index contributed by atoms with van der Waals surface area (Å²) in [5, 5.41) is 15.3. The highest BCUT2D eigenvalue weighted by Gasteiger charge is 2.15. The fourth-order valence-electron chi connectivity index (χ4n) is 1.31. The van der Waals surface area contributed by atoms with Gasteiger partial charge in [-0.1, -0.05) is 28.5 Å². The maximum Gasteiger partial charge on any atom is 0.269 e. The molecule has 1 heterocycles. The second kappa shape index (κ2) is 4.77. The van der Waals surface area contributed by atoms with Crippen LogP contribution in [0.1, 0.15) is 0 Å². The van der Waals surface area contributed by atoms with Gasteiger partial charge in [-0.15, -0.1) is 0 Å². The minimum atomic E-state index is -0.457. The fourth-order valence-corrected chi connectivity index (χ4v) is 2.11. The smallest absolute Gasteiger partial charge is 0.269 e. The van der Waals surface area contributed by atoms with Gasteiger partial charge in [-0.2, -0.15) is 0 Å². The molecular weight excluding hydrogens is 264 g/mol. The van der Waals surface area contributed by atoms with Crippen LogP contribution in [0.25, 0.3) is 11.3 Å². The Morgan fingerprint density at radius 1 is 1.41 bits per heavy atom. The molecule has 2 aromatic rings. The van der Waals surface area contributed by atoms with Gasteiger partial charge < -0.3 is 4.52 Å². The molecule has 1 aromatic heterocycles. The van der Waals surface area contributed by atoms with E-state index in [1.54, 1.807) is 12.1 Å². The van der Waals surface area contributed by atoms with Crippen molar-refractivity contribution < 1.29 is 9.45 Å². The lowest BCUT2D eigenvalue weighted by Gasteiger charge is -1.96. The summed E-state index contributed by atoms with van der Waals surface area (Å²) in [6.45, 7) is 0. The Bertz CT molecular complexity index is 553. The van der Waals surface area contributed by atoms with E-state index in [1.165, 1.54) is 23.9 Å². The molecule has 1 aromatic carbocycles. The summed E-state index contributed by atoms with van der Waals surface area (Å²) < 4.78 is 5.02. The van der Waals surface area contributed by atoms with E-state index in [0.29, 0.717) is 21.4 Å². The van der Waals surface area contributed by atoms with E-state index < -0.39 is 4.92 Å². The number of nitro benzene ring substituents is 1. The molecule has 0 saturated heterocycles. The van der Waals surface area contributed by atoms with Gasteiger partial charge in [0.2, 0.25) is 5.09 Å². The summed E-state index contributed by atoms with van der Waals surface area (Å²) in [6.07, 6.45) is 1.83. The van der Waals surface area contributed by atoms with Crippen LogP contribution in [0.2, 0.25) is 5.02 Å². The number of nitrogens with zero attached hydrogens (tertiary/aromatic N) is 2. The summed E-state index contributed by atoms with van der Waals surface area (Å²) in [5.74, 6) is 0. The van der Waals surface area contributed by atoms with Gasteiger partial charge in [0.25, 0.3) is 5.69 Å². The van der Waals surface area contributed by atoms with Crippen molar-refractivity contribution in [3.63, 3.8) is 0 Å². The number of nitro groups is 1. The summed E-state index contributed by atoms with van der Waals surface area (Å²) in [7, 11) is 0. The van der Waals surface area contributed by atoms with E-state index in [2.05, 4.69) is 5.16 Å². The van der Waals surface area contributed by atoms with Crippen molar-refractivity contribution in [1.29, 1.82) is 0 Å². The molecule has 0 unspecified atom stereocenters. The first kappa shape index (κ1) is 11.9. The Kier molecular flexibility index (Phi) is 3.35. The quantitative estimate of drug-likeness (QED) is 0.484. The van der Waals surface area contributed by atoms with Gasteiger partial charge in [0.1, 0.15) is 10.7 Å². The molecule has 0 saturated carbocycles. The lowest BCUT2D eigenvalue weighted by atomic mass is 10.1. The van der Waals surface area contributed by atoms with Gasteiger partial charge in [-0.3, -0.25) is 10.1 Å². The molecule has 0 aliphatic rings. The van der Waals surface area contributed by atoms with Crippen LogP contribution >= 0.6 is 23.4 Å². The van der Waals surface area contributed by atoms with Gasteiger partial charge in [-0.25, -0.2) is 0 Å². The molecule has 2 rings (SSSR count). The summed E-state index contributed by atoms with van der Waals surface area (Å²) in [6, 6.07) is 5.98. The Hall–Kier alpha value is -1.53. The van der Waals surface area contributed by atoms with E-state index in [0.717, 1.165) is 0 Å². The van der Waals surface area contributed by atoms with E-state index in [9.17, 15) is 10.1 Å². The Morgan fingerprint density at radius 2 is 2.06 bits per heavy atom. The highest BCUT2D eigenvalue weighted by molar-refractivity contribution is 7.98. The monoisotopic (exact) mass is 270 g/mol. The number of rotatable bonds is 3. The average molecular weight is 271 g/mol. The molecule has 7 heteroatoms. The maximum atomic E-state index is 10.5. The third-order valence-corrected chi connectivity index (χ3v) is 3.26. The van der Waals surface area contributed by atoms with Crippen molar-refractivity contribution in [2.75, 3.05) is 6.26 Å². The number of benzene rings is 1. The lowest BCUT2D eigenvalue weighted by Crippen LogP contribution is -1.87. The van der Waals surface area contributed by atoms with E-state index in [4.69, 9.17) is 16.1 Å². The molecule has 0 amide bonds. The number of aromatic nitrogens is 1. The van der Waals surface area contributed by atoms with E-state index in [1.807, 2.05) is 6.26 Å². The predicted octanol–water partition coefficient (Wildman–Crippen LogP) is 3.63. The highest BCUT2D eigenvalue weighted by Crippen LogP contribution is 2.35. The van der Waals surface area contributed by atoms with Crippen LogP contribution in [-0.4, -0.2) is 16.3 Å². The highest BCUT2D eigenvalue weighted by atomic mass is 35.5. The topological polar surface area (TPSA) is 69.2 Å². The fraction of sp³-hybridized carbons (Fsp3) is 0.100. The van der Waals surface area contributed by atoms with Crippen LogP contribution < -0.4 is 0 Å². The van der Waals surface area contributed by atoms with Gasteiger partial charge in [0, 0.05) is 17.7 Å². The van der Waals surface area contributed by atoms with Crippen molar-refractivity contribution in [2.45, 2.75) is 5.09 Å². The van der Waals surface area contributed by atoms with Crippen molar-refractivity contribution >= 4 is 29.1 Å². The van der Waals surface area contributed by atoms with Crippen molar-refractivity contribution in [2.24, 2.45) is 0 Å². The Balaban J connectivity index is 2.39. The largest absolute Gasteiger partial charge is 0.348 e. The zero-order chi connectivity index (χ0) is 12.4. The molecular formula is C10H7ClN2O3S. The first-order chi connectivity index (χ1) is 8.13. The second-order valence-corrected chi connectivity index (χ2v) is 4.30. The van der Waals surface area contributed by atoms with Gasteiger partial charge in [0.05, 0.1) is 4.92 Å². The van der Waals surface area contributed by atoms with Crippen LogP contribution in [-0.2, 0) is 0 Å². The number of non-ortho nitro benzene ring substituents is 1. The number of thioether (sulfide) groups is 1. The van der Waals surface area contributed by atoms with Crippen LogP contribution in [0.4, 0.5) is 5.69 Å². The van der Waals surface area contributed by atoms with Gasteiger partial charge >= 0.3 is 0 Å². The average Bonchev–Trinajstić information content (AvgIpc) is 2.70. The van der Waals surface area contributed by atoms with Crippen molar-refractivity contribution in [3.05, 3.63) is 39.4 Å². The molecule has 88 valence electrons. The minimum Gasteiger partial charge on any atom is -0.348 e. The molecule has 0 atom stereocenters.